The zero-order valence-electron chi connectivity index (χ0n) is 10.7. The predicted molar refractivity (Wildman–Crippen MR) is 65.7 cm³/mol. The van der Waals surface area contributed by atoms with Gasteiger partial charge in [0, 0.05) is 6.42 Å². The van der Waals surface area contributed by atoms with E-state index in [0.29, 0.717) is 19.6 Å². The molecule has 3 heteroatoms. The Morgan fingerprint density at radius 3 is 2.53 bits per heavy atom. The van der Waals surface area contributed by atoms with Crippen molar-refractivity contribution in [3.05, 3.63) is 11.3 Å². The van der Waals surface area contributed by atoms with E-state index in [9.17, 15) is 4.79 Å². The molecule has 1 heterocycles. The fourth-order valence-corrected chi connectivity index (χ4v) is 2.65. The van der Waals surface area contributed by atoms with Gasteiger partial charge in [-0.3, -0.25) is 4.79 Å². The molecule has 17 heavy (non-hydrogen) atoms. The van der Waals surface area contributed by atoms with Crippen LogP contribution in [-0.2, 0) is 14.3 Å². The van der Waals surface area contributed by atoms with E-state index in [1.54, 1.807) is 6.92 Å². The Hall–Kier alpha value is -0.830. The smallest absolute Gasteiger partial charge is 0.132 e. The number of hydrogen-bond donors (Lipinski definition) is 0. The van der Waals surface area contributed by atoms with Crippen LogP contribution in [-0.4, -0.2) is 25.1 Å². The molecule has 0 aromatic heterocycles. The number of rotatable bonds is 2. The average Bonchev–Trinajstić information content (AvgIpc) is 2.57. The highest BCUT2D eigenvalue weighted by Crippen LogP contribution is 2.30. The van der Waals surface area contributed by atoms with Crippen LogP contribution in [0.5, 0.6) is 0 Å². The molecular formula is C14H22O3. The number of carbonyl (C=O) groups is 1. The van der Waals surface area contributed by atoms with Crippen molar-refractivity contribution in [2.75, 3.05) is 13.2 Å². The summed E-state index contributed by atoms with van der Waals surface area (Å²) in [6, 6.07) is 0. The lowest BCUT2D eigenvalue weighted by Gasteiger charge is -2.28. The number of Topliss-reactive ketones (excluding diaryl/α,β-unsaturated/α-hetero) is 1. The molecule has 0 N–H and O–H groups in total. The second-order valence-corrected chi connectivity index (χ2v) is 5.00. The van der Waals surface area contributed by atoms with E-state index in [-0.39, 0.29) is 11.9 Å². The zero-order valence-corrected chi connectivity index (χ0v) is 10.7. The molecular weight excluding hydrogens is 216 g/mol. The van der Waals surface area contributed by atoms with Crippen LogP contribution in [0.25, 0.3) is 0 Å². The third-order valence-corrected chi connectivity index (χ3v) is 3.48. The standard InChI is InChI=1S/C14H22O3/c1-11(15)10-13-14(17-9-8-16-13)12-6-4-2-3-5-7-12/h13H,2-10H2,1H3. The minimum atomic E-state index is -0.116. The van der Waals surface area contributed by atoms with Gasteiger partial charge in [-0.15, -0.1) is 0 Å². The van der Waals surface area contributed by atoms with Crippen LogP contribution in [0.2, 0.25) is 0 Å². The molecule has 0 aromatic carbocycles. The first-order valence-corrected chi connectivity index (χ1v) is 6.73. The molecule has 0 bridgehead atoms. The third kappa shape index (κ3) is 3.56. The van der Waals surface area contributed by atoms with E-state index < -0.39 is 0 Å². The van der Waals surface area contributed by atoms with E-state index in [1.165, 1.54) is 31.3 Å². The molecule has 0 aromatic rings. The Morgan fingerprint density at radius 2 is 1.88 bits per heavy atom. The van der Waals surface area contributed by atoms with Crippen LogP contribution >= 0.6 is 0 Å². The lowest BCUT2D eigenvalue weighted by Crippen LogP contribution is -2.29. The molecule has 0 amide bonds. The molecule has 1 aliphatic carbocycles. The molecule has 1 saturated carbocycles. The minimum Gasteiger partial charge on any atom is -0.493 e. The van der Waals surface area contributed by atoms with Gasteiger partial charge in [-0.05, 0) is 38.2 Å². The largest absolute Gasteiger partial charge is 0.493 e. The Morgan fingerprint density at radius 1 is 1.18 bits per heavy atom. The summed E-state index contributed by atoms with van der Waals surface area (Å²) in [6.07, 6.45) is 7.70. The van der Waals surface area contributed by atoms with Gasteiger partial charge in [0.15, 0.2) is 0 Å². The van der Waals surface area contributed by atoms with Crippen molar-refractivity contribution in [3.63, 3.8) is 0 Å². The zero-order chi connectivity index (χ0) is 12.1. The molecule has 0 radical (unpaired) electrons. The van der Waals surface area contributed by atoms with Crippen molar-refractivity contribution in [3.8, 4) is 0 Å². The van der Waals surface area contributed by atoms with Gasteiger partial charge in [0.1, 0.15) is 24.3 Å². The van der Waals surface area contributed by atoms with Gasteiger partial charge in [0.2, 0.25) is 0 Å². The Kier molecular flexibility index (Phi) is 4.60. The number of ether oxygens (including phenoxy) is 2. The second-order valence-electron chi connectivity index (χ2n) is 5.00. The fraction of sp³-hybridized carbons (Fsp3) is 0.786. The monoisotopic (exact) mass is 238 g/mol. The number of carbonyl (C=O) groups excluding carboxylic acids is 1. The summed E-state index contributed by atoms with van der Waals surface area (Å²) >= 11 is 0. The lowest BCUT2D eigenvalue weighted by atomic mass is 10.0. The Labute approximate surface area is 103 Å². The van der Waals surface area contributed by atoms with E-state index in [2.05, 4.69) is 0 Å². The van der Waals surface area contributed by atoms with Crippen molar-refractivity contribution < 1.29 is 14.3 Å². The molecule has 1 saturated heterocycles. The summed E-state index contributed by atoms with van der Waals surface area (Å²) in [5.74, 6) is 1.15. The Balaban J connectivity index is 2.12. The number of hydrogen-bond acceptors (Lipinski definition) is 3. The summed E-state index contributed by atoms with van der Waals surface area (Å²) in [5.41, 5.74) is 1.40. The second kappa shape index (κ2) is 6.20. The molecule has 2 rings (SSSR count). The van der Waals surface area contributed by atoms with E-state index in [0.717, 1.165) is 18.6 Å². The van der Waals surface area contributed by atoms with Crippen molar-refractivity contribution in [1.29, 1.82) is 0 Å². The Bertz CT molecular complexity index is 297. The first kappa shape index (κ1) is 12.6. The predicted octanol–water partition coefficient (Wildman–Crippen LogP) is 2.99. The van der Waals surface area contributed by atoms with Crippen LogP contribution in [0.4, 0.5) is 0 Å². The van der Waals surface area contributed by atoms with Gasteiger partial charge in [0.25, 0.3) is 0 Å². The summed E-state index contributed by atoms with van der Waals surface area (Å²) in [5, 5.41) is 0. The highest BCUT2D eigenvalue weighted by molar-refractivity contribution is 5.76. The van der Waals surface area contributed by atoms with Crippen molar-refractivity contribution in [2.45, 2.75) is 58.0 Å². The SMILES string of the molecule is CC(=O)CC1OCCOC1=C1CCCCCC1. The summed E-state index contributed by atoms with van der Waals surface area (Å²) in [6.45, 7) is 2.86. The summed E-state index contributed by atoms with van der Waals surface area (Å²) in [7, 11) is 0. The van der Waals surface area contributed by atoms with Crippen LogP contribution in [0.3, 0.4) is 0 Å². The van der Waals surface area contributed by atoms with Crippen LogP contribution in [0.1, 0.15) is 51.9 Å². The lowest BCUT2D eigenvalue weighted by molar-refractivity contribution is -0.122. The van der Waals surface area contributed by atoms with Crippen LogP contribution in [0.15, 0.2) is 11.3 Å². The number of ketones is 1. The summed E-state index contributed by atoms with van der Waals surface area (Å²) in [4.78, 5) is 11.3. The van der Waals surface area contributed by atoms with Gasteiger partial charge in [-0.2, -0.15) is 0 Å². The normalized spacial score (nSPS) is 26.3. The van der Waals surface area contributed by atoms with E-state index in [1.807, 2.05) is 0 Å². The highest BCUT2D eigenvalue weighted by atomic mass is 16.6. The molecule has 96 valence electrons. The molecule has 1 atom stereocenters. The molecule has 0 spiro atoms. The van der Waals surface area contributed by atoms with Gasteiger partial charge < -0.3 is 9.47 Å². The highest BCUT2D eigenvalue weighted by Gasteiger charge is 2.26. The van der Waals surface area contributed by atoms with Crippen LogP contribution in [0, 0.1) is 0 Å². The fourth-order valence-electron chi connectivity index (χ4n) is 2.65. The van der Waals surface area contributed by atoms with Crippen molar-refractivity contribution in [1.82, 2.24) is 0 Å². The average molecular weight is 238 g/mol. The summed E-state index contributed by atoms with van der Waals surface area (Å²) < 4.78 is 11.5. The molecule has 3 nitrogen and oxygen atoms in total. The van der Waals surface area contributed by atoms with Crippen molar-refractivity contribution in [2.24, 2.45) is 0 Å². The molecule has 1 aliphatic heterocycles. The first-order valence-electron chi connectivity index (χ1n) is 6.73. The van der Waals surface area contributed by atoms with Gasteiger partial charge >= 0.3 is 0 Å². The maximum absolute atomic E-state index is 11.3. The van der Waals surface area contributed by atoms with Crippen LogP contribution < -0.4 is 0 Å². The molecule has 2 fully saturated rings. The van der Waals surface area contributed by atoms with Gasteiger partial charge in [-0.1, -0.05) is 12.8 Å². The van der Waals surface area contributed by atoms with E-state index in [4.69, 9.17) is 9.47 Å². The third-order valence-electron chi connectivity index (χ3n) is 3.48. The topological polar surface area (TPSA) is 35.5 Å². The minimum absolute atomic E-state index is 0.116. The van der Waals surface area contributed by atoms with Gasteiger partial charge in [-0.25, -0.2) is 0 Å². The maximum atomic E-state index is 11.3. The first-order chi connectivity index (χ1) is 8.27. The van der Waals surface area contributed by atoms with Gasteiger partial charge in [0.05, 0.1) is 6.61 Å². The van der Waals surface area contributed by atoms with E-state index >= 15 is 0 Å². The molecule has 1 unspecified atom stereocenters. The number of allylic oxidation sites excluding steroid dienone is 1. The van der Waals surface area contributed by atoms with Crippen molar-refractivity contribution >= 4 is 5.78 Å². The molecule has 2 aliphatic rings. The quantitative estimate of drug-likeness (QED) is 0.694. The maximum Gasteiger partial charge on any atom is 0.132 e.